The second-order valence-corrected chi connectivity index (χ2v) is 9.41. The van der Waals surface area contributed by atoms with Crippen molar-refractivity contribution in [3.8, 4) is 0 Å². The van der Waals surface area contributed by atoms with Crippen molar-refractivity contribution in [1.82, 2.24) is 0 Å². The third kappa shape index (κ3) is 2.81. The van der Waals surface area contributed by atoms with E-state index in [9.17, 15) is 8.42 Å². The third-order valence-electron chi connectivity index (χ3n) is 1.57. The second-order valence-electron chi connectivity index (χ2n) is 2.54. The lowest BCUT2D eigenvalue weighted by Gasteiger charge is -2.12. The first-order chi connectivity index (χ1) is 6.46. The Morgan fingerprint density at radius 3 is 1.93 bits per heavy atom. The molecule has 2 nitrogen and oxygen atoms in total. The predicted octanol–water partition coefficient (Wildman–Crippen LogP) is 3.30. The molecule has 0 aliphatic carbocycles. The second kappa shape index (κ2) is 5.09. The zero-order valence-corrected chi connectivity index (χ0v) is 12.5. The van der Waals surface area contributed by atoms with Gasteiger partial charge in [-0.05, 0) is 12.1 Å². The van der Waals surface area contributed by atoms with Gasteiger partial charge in [0.15, 0.2) is 9.84 Å². The van der Waals surface area contributed by atoms with Gasteiger partial charge < -0.3 is 0 Å². The summed E-state index contributed by atoms with van der Waals surface area (Å²) in [5, 5.41) is 0. The molecule has 6 heteroatoms. The highest BCUT2D eigenvalue weighted by Crippen LogP contribution is 2.29. The molecule has 78 valence electrons. The van der Waals surface area contributed by atoms with E-state index < -0.39 is 14.0 Å². The first-order valence-electron chi connectivity index (χ1n) is 3.67. The molecule has 0 amide bonds. The number of hydrogen-bond acceptors (Lipinski definition) is 2. The van der Waals surface area contributed by atoms with Gasteiger partial charge in [0.2, 0.25) is 0 Å². The fourth-order valence-corrected chi connectivity index (χ4v) is 4.30. The van der Waals surface area contributed by atoms with Crippen LogP contribution in [0.25, 0.3) is 0 Å². The van der Waals surface area contributed by atoms with Gasteiger partial charge in [-0.3, -0.25) is 0 Å². The molecule has 1 aromatic carbocycles. The zero-order chi connectivity index (χ0) is 10.8. The quantitative estimate of drug-likeness (QED) is 0.722. The van der Waals surface area contributed by atoms with Crippen molar-refractivity contribution in [2.24, 2.45) is 0 Å². The average Bonchev–Trinajstić information content (AvgIpc) is 2.18. The molecular weight excluding hydrogens is 400 g/mol. The van der Waals surface area contributed by atoms with Crippen LogP contribution in [0.1, 0.15) is 0 Å². The SMILES string of the molecule is O=S(=O)(c1ccccc1)C(Br)C(Br)Br. The molecule has 1 aromatic rings. The first-order valence-corrected chi connectivity index (χ1v) is 7.97. The lowest BCUT2D eigenvalue weighted by atomic mass is 10.4. The largest absolute Gasteiger partial charge is 0.222 e. The molecule has 0 bridgehead atoms. The molecule has 0 N–H and O–H groups in total. The van der Waals surface area contributed by atoms with Crippen LogP contribution in [0.5, 0.6) is 0 Å². The summed E-state index contributed by atoms with van der Waals surface area (Å²) in [6.07, 6.45) is 0. The number of alkyl halides is 3. The van der Waals surface area contributed by atoms with Gasteiger partial charge in [-0.2, -0.15) is 0 Å². The Hall–Kier alpha value is 0.610. The van der Waals surface area contributed by atoms with E-state index in [0.29, 0.717) is 4.90 Å². The van der Waals surface area contributed by atoms with Gasteiger partial charge in [-0.15, -0.1) is 0 Å². The van der Waals surface area contributed by atoms with E-state index >= 15 is 0 Å². The summed E-state index contributed by atoms with van der Waals surface area (Å²) >= 11 is 9.45. The van der Waals surface area contributed by atoms with Crippen LogP contribution in [0.2, 0.25) is 0 Å². The molecule has 0 saturated carbocycles. The number of sulfone groups is 1. The number of hydrogen-bond donors (Lipinski definition) is 0. The van der Waals surface area contributed by atoms with Crippen LogP contribution in [0.3, 0.4) is 0 Å². The summed E-state index contributed by atoms with van der Waals surface area (Å²) in [5.41, 5.74) is 0. The molecule has 0 saturated heterocycles. The average molecular weight is 407 g/mol. The maximum atomic E-state index is 11.9. The first kappa shape index (κ1) is 12.7. The fraction of sp³-hybridized carbons (Fsp3) is 0.250. The lowest BCUT2D eigenvalue weighted by Crippen LogP contribution is -2.20. The predicted molar refractivity (Wildman–Crippen MR) is 68.0 cm³/mol. The van der Waals surface area contributed by atoms with E-state index in [-0.39, 0.29) is 3.74 Å². The van der Waals surface area contributed by atoms with Crippen LogP contribution in [0.15, 0.2) is 35.2 Å². The van der Waals surface area contributed by atoms with Gasteiger partial charge in [-0.25, -0.2) is 8.42 Å². The van der Waals surface area contributed by atoms with Crippen molar-refractivity contribution in [1.29, 1.82) is 0 Å². The van der Waals surface area contributed by atoms with Crippen LogP contribution < -0.4 is 0 Å². The van der Waals surface area contributed by atoms with Gasteiger partial charge in [-0.1, -0.05) is 66.0 Å². The lowest BCUT2D eigenvalue weighted by molar-refractivity contribution is 0.595. The van der Waals surface area contributed by atoms with Gasteiger partial charge in [0.1, 0.15) is 4.16 Å². The van der Waals surface area contributed by atoms with Crippen molar-refractivity contribution in [3.05, 3.63) is 30.3 Å². The van der Waals surface area contributed by atoms with E-state index in [2.05, 4.69) is 47.8 Å². The van der Waals surface area contributed by atoms with Gasteiger partial charge in [0.25, 0.3) is 0 Å². The third-order valence-corrected chi connectivity index (χ3v) is 8.54. The summed E-state index contributed by atoms with van der Waals surface area (Å²) < 4.78 is 22.7. The van der Waals surface area contributed by atoms with E-state index in [4.69, 9.17) is 0 Å². The van der Waals surface area contributed by atoms with Gasteiger partial charge >= 0.3 is 0 Å². The number of halogens is 3. The van der Waals surface area contributed by atoms with E-state index in [1.54, 1.807) is 30.3 Å². The van der Waals surface area contributed by atoms with Crippen LogP contribution >= 0.6 is 47.8 Å². The molecule has 0 aliphatic rings. The van der Waals surface area contributed by atoms with Crippen molar-refractivity contribution in [2.75, 3.05) is 0 Å². The van der Waals surface area contributed by atoms with E-state index in [0.717, 1.165) is 0 Å². The molecule has 0 radical (unpaired) electrons. The molecule has 14 heavy (non-hydrogen) atoms. The van der Waals surface area contributed by atoms with Gasteiger partial charge in [0.05, 0.1) is 8.63 Å². The smallest absolute Gasteiger partial charge is 0.193 e. The Morgan fingerprint density at radius 1 is 1.00 bits per heavy atom. The molecule has 0 spiro atoms. The Bertz CT molecular complexity index is 388. The molecule has 0 aromatic heterocycles. The Morgan fingerprint density at radius 2 is 1.50 bits per heavy atom. The molecule has 0 heterocycles. The summed E-state index contributed by atoms with van der Waals surface area (Å²) in [5.74, 6) is 0. The molecule has 1 rings (SSSR count). The number of rotatable bonds is 3. The zero-order valence-electron chi connectivity index (χ0n) is 6.90. The maximum absolute atomic E-state index is 11.9. The highest BCUT2D eigenvalue weighted by atomic mass is 79.9. The standard InChI is InChI=1S/C8H7Br3O2S/c9-7(10)8(11)14(12,13)6-4-2-1-3-5-6/h1-5,7-8H. The normalized spacial score (nSPS) is 14.3. The van der Waals surface area contributed by atoms with Crippen LogP contribution in [-0.4, -0.2) is 16.3 Å². The van der Waals surface area contributed by atoms with Crippen molar-refractivity contribution in [3.63, 3.8) is 0 Å². The molecule has 1 atom stereocenters. The van der Waals surface area contributed by atoms with E-state index in [1.165, 1.54) is 0 Å². The Balaban J connectivity index is 3.10. The van der Waals surface area contributed by atoms with Crippen molar-refractivity contribution >= 4 is 57.6 Å². The van der Waals surface area contributed by atoms with Crippen LogP contribution in [0, 0.1) is 0 Å². The number of benzene rings is 1. The Kier molecular flexibility index (Phi) is 4.61. The molecule has 1 unspecified atom stereocenters. The molecule has 0 fully saturated rings. The van der Waals surface area contributed by atoms with Gasteiger partial charge in [0, 0.05) is 0 Å². The Labute approximate surface area is 108 Å². The van der Waals surface area contributed by atoms with Crippen molar-refractivity contribution in [2.45, 2.75) is 12.8 Å². The topological polar surface area (TPSA) is 34.1 Å². The summed E-state index contributed by atoms with van der Waals surface area (Å²) in [4.78, 5) is 0.311. The summed E-state index contributed by atoms with van der Waals surface area (Å²) in [7, 11) is -3.32. The summed E-state index contributed by atoms with van der Waals surface area (Å²) in [6, 6.07) is 8.33. The fourth-order valence-electron chi connectivity index (χ4n) is 0.876. The maximum Gasteiger partial charge on any atom is 0.193 e. The van der Waals surface area contributed by atoms with E-state index in [1.807, 2.05) is 0 Å². The minimum atomic E-state index is -3.32. The van der Waals surface area contributed by atoms with Crippen molar-refractivity contribution < 1.29 is 8.42 Å². The molecular formula is C8H7Br3O2S. The van der Waals surface area contributed by atoms with Crippen LogP contribution in [0.4, 0.5) is 0 Å². The summed E-state index contributed by atoms with van der Waals surface area (Å²) in [6.45, 7) is 0. The minimum absolute atomic E-state index is 0.311. The molecule has 0 aliphatic heterocycles. The monoisotopic (exact) mass is 404 g/mol. The highest BCUT2D eigenvalue weighted by Gasteiger charge is 2.29. The highest BCUT2D eigenvalue weighted by molar-refractivity contribution is 9.25. The van der Waals surface area contributed by atoms with Crippen LogP contribution in [-0.2, 0) is 9.84 Å². The minimum Gasteiger partial charge on any atom is -0.222 e.